The standard InChI is InChI=1S/C21H15ClFN3O4/c1-12-17(18(22)26(24-12)14-8-6-13(23)7-9-14)21(29)30-11-10-25-19(27)15-4-2-3-5-16(15)20(25)28/h2-9H,10-11H2,1H3. The van der Waals surface area contributed by atoms with Gasteiger partial charge in [-0.3, -0.25) is 14.5 Å². The average Bonchev–Trinajstić information content (AvgIpc) is 3.16. The van der Waals surface area contributed by atoms with Crippen LogP contribution in [0.4, 0.5) is 4.39 Å². The van der Waals surface area contributed by atoms with E-state index < -0.39 is 23.6 Å². The van der Waals surface area contributed by atoms with Crippen LogP contribution in [0.15, 0.2) is 48.5 Å². The topological polar surface area (TPSA) is 81.5 Å². The number of rotatable bonds is 5. The fraction of sp³-hybridized carbons (Fsp3) is 0.143. The Morgan fingerprint density at radius 1 is 1.07 bits per heavy atom. The van der Waals surface area contributed by atoms with Gasteiger partial charge in [-0.2, -0.15) is 5.10 Å². The van der Waals surface area contributed by atoms with E-state index >= 15 is 0 Å². The molecule has 0 spiro atoms. The number of nitrogens with zero attached hydrogens (tertiary/aromatic N) is 3. The Morgan fingerprint density at radius 3 is 2.27 bits per heavy atom. The van der Waals surface area contributed by atoms with Crippen molar-refractivity contribution in [3.8, 4) is 5.69 Å². The predicted molar refractivity (Wildman–Crippen MR) is 105 cm³/mol. The van der Waals surface area contributed by atoms with Gasteiger partial charge in [-0.25, -0.2) is 13.9 Å². The lowest BCUT2D eigenvalue weighted by molar-refractivity contribution is 0.0420. The third-order valence-electron chi connectivity index (χ3n) is 4.71. The highest BCUT2D eigenvalue weighted by atomic mass is 35.5. The molecule has 0 saturated heterocycles. The molecule has 30 heavy (non-hydrogen) atoms. The zero-order chi connectivity index (χ0) is 21.4. The first-order chi connectivity index (χ1) is 14.4. The monoisotopic (exact) mass is 427 g/mol. The summed E-state index contributed by atoms with van der Waals surface area (Å²) in [5.41, 5.74) is 1.52. The minimum atomic E-state index is -0.734. The maximum Gasteiger partial charge on any atom is 0.343 e. The molecule has 152 valence electrons. The van der Waals surface area contributed by atoms with Gasteiger partial charge >= 0.3 is 5.97 Å². The molecule has 0 aliphatic carbocycles. The number of imide groups is 1. The zero-order valence-electron chi connectivity index (χ0n) is 15.8. The fourth-order valence-corrected chi connectivity index (χ4v) is 3.58. The van der Waals surface area contributed by atoms with E-state index in [2.05, 4.69) is 5.10 Å². The number of hydrogen-bond donors (Lipinski definition) is 0. The van der Waals surface area contributed by atoms with Gasteiger partial charge in [0, 0.05) is 0 Å². The molecular weight excluding hydrogens is 413 g/mol. The Morgan fingerprint density at radius 2 is 1.67 bits per heavy atom. The molecule has 0 fully saturated rings. The van der Waals surface area contributed by atoms with E-state index in [0.29, 0.717) is 22.5 Å². The van der Waals surface area contributed by atoms with Crippen molar-refractivity contribution < 1.29 is 23.5 Å². The number of carbonyl (C=O) groups excluding carboxylic acids is 3. The summed E-state index contributed by atoms with van der Waals surface area (Å²) < 4.78 is 19.7. The van der Waals surface area contributed by atoms with Crippen LogP contribution < -0.4 is 0 Å². The van der Waals surface area contributed by atoms with Crippen LogP contribution >= 0.6 is 11.6 Å². The van der Waals surface area contributed by atoms with Crippen molar-refractivity contribution in [2.75, 3.05) is 13.2 Å². The van der Waals surface area contributed by atoms with Crippen LogP contribution in [0.1, 0.15) is 36.8 Å². The number of hydrogen-bond acceptors (Lipinski definition) is 5. The third kappa shape index (κ3) is 3.35. The van der Waals surface area contributed by atoms with Crippen LogP contribution in [-0.2, 0) is 4.74 Å². The van der Waals surface area contributed by atoms with Crippen LogP contribution in [0.5, 0.6) is 0 Å². The van der Waals surface area contributed by atoms with Crippen molar-refractivity contribution in [2.24, 2.45) is 0 Å². The molecule has 9 heteroatoms. The van der Waals surface area contributed by atoms with Gasteiger partial charge in [-0.15, -0.1) is 0 Å². The first-order valence-electron chi connectivity index (χ1n) is 9.02. The summed E-state index contributed by atoms with van der Waals surface area (Å²) in [6.45, 7) is 1.31. The predicted octanol–water partition coefficient (Wildman–Crippen LogP) is 3.43. The molecule has 0 radical (unpaired) electrons. The highest BCUT2D eigenvalue weighted by Crippen LogP contribution is 2.25. The number of esters is 1. The number of carbonyl (C=O) groups is 3. The molecule has 3 aromatic rings. The van der Waals surface area contributed by atoms with Crippen LogP contribution in [0.3, 0.4) is 0 Å². The quantitative estimate of drug-likeness (QED) is 0.460. The van der Waals surface area contributed by atoms with E-state index in [0.717, 1.165) is 4.90 Å². The largest absolute Gasteiger partial charge is 0.460 e. The SMILES string of the molecule is Cc1nn(-c2ccc(F)cc2)c(Cl)c1C(=O)OCCN1C(=O)c2ccccc2C1=O. The minimum absolute atomic E-state index is 0.0184. The Hall–Kier alpha value is -3.52. The molecule has 7 nitrogen and oxygen atoms in total. The van der Waals surface area contributed by atoms with Crippen molar-refractivity contribution in [3.63, 3.8) is 0 Å². The number of ether oxygens (including phenoxy) is 1. The minimum Gasteiger partial charge on any atom is -0.460 e. The van der Waals surface area contributed by atoms with Gasteiger partial charge in [-0.05, 0) is 43.3 Å². The maximum absolute atomic E-state index is 13.1. The lowest BCUT2D eigenvalue weighted by Gasteiger charge is -2.13. The molecular formula is C21H15ClFN3O4. The van der Waals surface area contributed by atoms with Crippen LogP contribution in [0.25, 0.3) is 5.69 Å². The summed E-state index contributed by atoms with van der Waals surface area (Å²) in [5.74, 6) is -2.00. The molecule has 0 saturated carbocycles. The second-order valence-corrected chi connectivity index (χ2v) is 6.94. The van der Waals surface area contributed by atoms with Gasteiger partial charge in [0.25, 0.3) is 11.8 Å². The lowest BCUT2D eigenvalue weighted by Crippen LogP contribution is -2.33. The molecule has 2 heterocycles. The number of aryl methyl sites for hydroxylation is 1. The van der Waals surface area contributed by atoms with Crippen molar-refractivity contribution in [2.45, 2.75) is 6.92 Å². The smallest absolute Gasteiger partial charge is 0.343 e. The number of halogens is 2. The molecule has 0 bridgehead atoms. The summed E-state index contributed by atoms with van der Waals surface area (Å²) in [7, 11) is 0. The van der Waals surface area contributed by atoms with E-state index in [4.69, 9.17) is 16.3 Å². The van der Waals surface area contributed by atoms with Crippen LogP contribution in [0.2, 0.25) is 5.15 Å². The van der Waals surface area contributed by atoms with E-state index in [1.165, 1.54) is 28.9 Å². The van der Waals surface area contributed by atoms with Crippen molar-refractivity contribution in [1.82, 2.24) is 14.7 Å². The summed E-state index contributed by atoms with van der Waals surface area (Å²) >= 11 is 6.30. The zero-order valence-corrected chi connectivity index (χ0v) is 16.5. The van der Waals surface area contributed by atoms with E-state index in [-0.39, 0.29) is 23.9 Å². The van der Waals surface area contributed by atoms with Crippen molar-refractivity contribution >= 4 is 29.4 Å². The summed E-state index contributed by atoms with van der Waals surface area (Å²) in [5, 5.41) is 4.23. The van der Waals surface area contributed by atoms with Crippen molar-refractivity contribution in [1.29, 1.82) is 0 Å². The first-order valence-corrected chi connectivity index (χ1v) is 9.39. The molecule has 1 aromatic heterocycles. The lowest BCUT2D eigenvalue weighted by atomic mass is 10.1. The summed E-state index contributed by atoms with van der Waals surface area (Å²) in [6.07, 6.45) is 0. The Balaban J connectivity index is 1.45. The van der Waals surface area contributed by atoms with E-state index in [1.807, 2.05) is 0 Å². The Labute approximate surface area is 175 Å². The van der Waals surface area contributed by atoms with Gasteiger partial charge in [-0.1, -0.05) is 23.7 Å². The summed E-state index contributed by atoms with van der Waals surface area (Å²) in [6, 6.07) is 12.0. The highest BCUT2D eigenvalue weighted by Gasteiger charge is 2.35. The van der Waals surface area contributed by atoms with Gasteiger partial charge in [0.15, 0.2) is 0 Å². The van der Waals surface area contributed by atoms with Gasteiger partial charge in [0.2, 0.25) is 0 Å². The van der Waals surface area contributed by atoms with Crippen molar-refractivity contribution in [3.05, 3.63) is 81.9 Å². The Bertz CT molecular complexity index is 1140. The number of aromatic nitrogens is 2. The number of amides is 2. The number of benzene rings is 2. The molecule has 0 N–H and O–H groups in total. The number of fused-ring (bicyclic) bond motifs is 1. The van der Waals surface area contributed by atoms with Gasteiger partial charge in [0.05, 0.1) is 29.1 Å². The van der Waals surface area contributed by atoms with Gasteiger partial charge < -0.3 is 4.74 Å². The Kier molecular flexibility index (Phi) is 5.09. The maximum atomic E-state index is 13.1. The van der Waals surface area contributed by atoms with E-state index in [1.54, 1.807) is 31.2 Å². The first kappa shape index (κ1) is 19.8. The highest BCUT2D eigenvalue weighted by molar-refractivity contribution is 6.33. The second kappa shape index (κ2) is 7.72. The molecule has 2 amide bonds. The van der Waals surface area contributed by atoms with E-state index in [9.17, 15) is 18.8 Å². The second-order valence-electron chi connectivity index (χ2n) is 6.58. The van der Waals surface area contributed by atoms with Crippen LogP contribution in [0, 0.1) is 12.7 Å². The third-order valence-corrected chi connectivity index (χ3v) is 5.05. The molecule has 1 aliphatic heterocycles. The van der Waals surface area contributed by atoms with Crippen LogP contribution in [-0.4, -0.2) is 45.6 Å². The molecule has 4 rings (SSSR count). The normalized spacial score (nSPS) is 13.0. The van der Waals surface area contributed by atoms with Gasteiger partial charge in [0.1, 0.15) is 23.1 Å². The fourth-order valence-electron chi connectivity index (χ4n) is 3.23. The average molecular weight is 428 g/mol. The molecule has 1 aliphatic rings. The summed E-state index contributed by atoms with van der Waals surface area (Å²) in [4.78, 5) is 38.3. The molecule has 0 unspecified atom stereocenters. The molecule has 0 atom stereocenters. The molecule has 2 aromatic carbocycles.